The highest BCUT2D eigenvalue weighted by Crippen LogP contribution is 2.28. The van der Waals surface area contributed by atoms with Gasteiger partial charge in [0.1, 0.15) is 0 Å². The summed E-state index contributed by atoms with van der Waals surface area (Å²) in [5.41, 5.74) is 3.02. The number of hydrogen-bond acceptors (Lipinski definition) is 4. The molecule has 0 N–H and O–H groups in total. The lowest BCUT2D eigenvalue weighted by molar-refractivity contribution is 0.0578. The monoisotopic (exact) mass is 371 g/mol. The van der Waals surface area contributed by atoms with E-state index >= 15 is 0 Å². The van der Waals surface area contributed by atoms with Crippen molar-refractivity contribution in [2.45, 2.75) is 25.3 Å². The summed E-state index contributed by atoms with van der Waals surface area (Å²) in [6.07, 6.45) is 7.99. The summed E-state index contributed by atoms with van der Waals surface area (Å²) < 4.78 is 7.34. The average molecular weight is 371 g/mol. The van der Waals surface area contributed by atoms with E-state index in [2.05, 4.69) is 22.1 Å². The standard InChI is InChI=1S/C23H21N3O2/c27-23-21-12-17(11-16-5-3-9-24-13-16)19-7-1-2-8-20(19)22(21)25-15-26(23)18-6-4-10-28-14-18/h1-3,5,7-9,12-13,15,18H,4,6,10-11,14H2. The molecule has 0 saturated carbocycles. The Morgan fingerprint density at radius 1 is 1.11 bits per heavy atom. The van der Waals surface area contributed by atoms with Gasteiger partial charge in [-0.15, -0.1) is 0 Å². The SMILES string of the molecule is O=c1c2cc(Cc3cccnc3)c3ccccc3c2ncn1C1CCCOC1. The van der Waals surface area contributed by atoms with Crippen LogP contribution in [0.1, 0.15) is 30.0 Å². The number of hydrogen-bond donors (Lipinski definition) is 0. The van der Waals surface area contributed by atoms with Gasteiger partial charge in [-0.2, -0.15) is 0 Å². The number of nitrogens with zero attached hydrogens (tertiary/aromatic N) is 3. The molecule has 0 amide bonds. The van der Waals surface area contributed by atoms with Crippen LogP contribution >= 0.6 is 0 Å². The number of ether oxygens (including phenoxy) is 1. The minimum Gasteiger partial charge on any atom is -0.379 e. The van der Waals surface area contributed by atoms with E-state index in [1.54, 1.807) is 17.1 Å². The Balaban J connectivity index is 1.72. The number of rotatable bonds is 3. The number of pyridine rings is 1. The highest BCUT2D eigenvalue weighted by Gasteiger charge is 2.19. The van der Waals surface area contributed by atoms with Gasteiger partial charge in [0.25, 0.3) is 5.56 Å². The second kappa shape index (κ2) is 7.17. The van der Waals surface area contributed by atoms with Crippen LogP contribution in [0.5, 0.6) is 0 Å². The molecule has 5 heteroatoms. The second-order valence-electron chi connectivity index (χ2n) is 7.34. The molecule has 1 fully saturated rings. The van der Waals surface area contributed by atoms with E-state index in [1.165, 1.54) is 0 Å². The van der Waals surface area contributed by atoms with Gasteiger partial charge in [0.2, 0.25) is 0 Å². The Bertz CT molecular complexity index is 1200. The van der Waals surface area contributed by atoms with Crippen LogP contribution in [0.4, 0.5) is 0 Å². The van der Waals surface area contributed by atoms with Crippen molar-refractivity contribution < 1.29 is 4.74 Å². The zero-order valence-electron chi connectivity index (χ0n) is 15.5. The van der Waals surface area contributed by atoms with Crippen LogP contribution < -0.4 is 5.56 Å². The molecule has 1 saturated heterocycles. The van der Waals surface area contributed by atoms with Gasteiger partial charge in [0.15, 0.2) is 0 Å². The summed E-state index contributed by atoms with van der Waals surface area (Å²) in [5, 5.41) is 2.82. The topological polar surface area (TPSA) is 57.0 Å². The fraction of sp³-hybridized carbons (Fsp3) is 0.261. The molecule has 1 atom stereocenters. The van der Waals surface area contributed by atoms with Gasteiger partial charge in [-0.05, 0) is 47.9 Å². The first kappa shape index (κ1) is 17.1. The van der Waals surface area contributed by atoms with Crippen molar-refractivity contribution in [3.05, 3.63) is 82.7 Å². The molecular formula is C23H21N3O2. The minimum absolute atomic E-state index is 0.0127. The third kappa shape index (κ3) is 2.98. The van der Waals surface area contributed by atoms with Crippen LogP contribution in [-0.4, -0.2) is 27.7 Å². The maximum absolute atomic E-state index is 13.3. The van der Waals surface area contributed by atoms with Crippen molar-refractivity contribution in [2.75, 3.05) is 13.2 Å². The van der Waals surface area contributed by atoms with E-state index < -0.39 is 0 Å². The highest BCUT2D eigenvalue weighted by molar-refractivity contribution is 6.06. The molecule has 4 aromatic rings. The Morgan fingerprint density at radius 3 is 2.79 bits per heavy atom. The zero-order valence-corrected chi connectivity index (χ0v) is 15.5. The van der Waals surface area contributed by atoms with Gasteiger partial charge in [0, 0.05) is 24.4 Å². The van der Waals surface area contributed by atoms with Crippen LogP contribution in [0.15, 0.2) is 66.0 Å². The predicted octanol–water partition coefficient (Wildman–Crippen LogP) is 3.89. The van der Waals surface area contributed by atoms with Gasteiger partial charge in [0.05, 0.1) is 29.9 Å². The van der Waals surface area contributed by atoms with E-state index in [0.29, 0.717) is 12.0 Å². The van der Waals surface area contributed by atoms with Crippen LogP contribution in [-0.2, 0) is 11.2 Å². The average Bonchev–Trinajstić information content (AvgIpc) is 2.76. The van der Waals surface area contributed by atoms with Crippen LogP contribution in [0, 0.1) is 0 Å². The fourth-order valence-corrected chi connectivity index (χ4v) is 4.12. The zero-order chi connectivity index (χ0) is 18.9. The number of fused-ring (bicyclic) bond motifs is 3. The fourth-order valence-electron chi connectivity index (χ4n) is 4.12. The Labute approximate surface area is 162 Å². The molecule has 2 aromatic carbocycles. The number of benzene rings is 2. The largest absolute Gasteiger partial charge is 0.379 e. The molecule has 3 heterocycles. The Hall–Kier alpha value is -3.05. The summed E-state index contributed by atoms with van der Waals surface area (Å²) in [6, 6.07) is 14.3. The third-order valence-electron chi connectivity index (χ3n) is 5.52. The first-order valence-electron chi connectivity index (χ1n) is 9.69. The second-order valence-corrected chi connectivity index (χ2v) is 7.34. The third-order valence-corrected chi connectivity index (χ3v) is 5.52. The maximum Gasteiger partial charge on any atom is 0.261 e. The first-order chi connectivity index (χ1) is 13.8. The molecule has 2 aromatic heterocycles. The Kier molecular flexibility index (Phi) is 4.37. The van der Waals surface area contributed by atoms with Crippen molar-refractivity contribution >= 4 is 21.7 Å². The molecule has 140 valence electrons. The van der Waals surface area contributed by atoms with E-state index in [-0.39, 0.29) is 11.6 Å². The molecule has 1 aliphatic heterocycles. The van der Waals surface area contributed by atoms with Gasteiger partial charge < -0.3 is 4.74 Å². The van der Waals surface area contributed by atoms with Crippen LogP contribution in [0.2, 0.25) is 0 Å². The van der Waals surface area contributed by atoms with E-state index in [4.69, 9.17) is 4.74 Å². The summed E-state index contributed by atoms with van der Waals surface area (Å²) in [4.78, 5) is 22.2. The van der Waals surface area contributed by atoms with Crippen LogP contribution in [0.25, 0.3) is 21.7 Å². The predicted molar refractivity (Wildman–Crippen MR) is 110 cm³/mol. The normalized spacial score (nSPS) is 17.2. The molecule has 5 rings (SSSR count). The van der Waals surface area contributed by atoms with Crippen LogP contribution in [0.3, 0.4) is 0 Å². The molecule has 0 spiro atoms. The molecule has 0 radical (unpaired) electrons. The van der Waals surface area contributed by atoms with Gasteiger partial charge in [-0.1, -0.05) is 30.3 Å². The summed E-state index contributed by atoms with van der Waals surface area (Å²) in [6.45, 7) is 1.34. The molecule has 0 bridgehead atoms. The van der Waals surface area contributed by atoms with Crippen molar-refractivity contribution in [3.8, 4) is 0 Å². The van der Waals surface area contributed by atoms with E-state index in [1.807, 2.05) is 36.5 Å². The van der Waals surface area contributed by atoms with Crippen molar-refractivity contribution in [1.29, 1.82) is 0 Å². The summed E-state index contributed by atoms with van der Waals surface area (Å²) >= 11 is 0. The highest BCUT2D eigenvalue weighted by atomic mass is 16.5. The smallest absolute Gasteiger partial charge is 0.261 e. The van der Waals surface area contributed by atoms with Gasteiger partial charge >= 0.3 is 0 Å². The van der Waals surface area contributed by atoms with Crippen molar-refractivity contribution in [2.24, 2.45) is 0 Å². The quantitative estimate of drug-likeness (QED) is 0.513. The molecule has 28 heavy (non-hydrogen) atoms. The lowest BCUT2D eigenvalue weighted by Gasteiger charge is -2.24. The lowest BCUT2D eigenvalue weighted by Crippen LogP contribution is -2.30. The van der Waals surface area contributed by atoms with Gasteiger partial charge in [-0.3, -0.25) is 14.3 Å². The summed E-state index contributed by atoms with van der Waals surface area (Å²) in [7, 11) is 0. The molecular weight excluding hydrogens is 350 g/mol. The minimum atomic E-state index is 0.0127. The molecule has 5 nitrogen and oxygen atoms in total. The van der Waals surface area contributed by atoms with Crippen molar-refractivity contribution in [3.63, 3.8) is 0 Å². The molecule has 0 aliphatic carbocycles. The molecule has 1 aliphatic rings. The summed E-state index contributed by atoms with van der Waals surface area (Å²) in [5.74, 6) is 0. The molecule has 1 unspecified atom stereocenters. The van der Waals surface area contributed by atoms with E-state index in [9.17, 15) is 4.79 Å². The maximum atomic E-state index is 13.3. The Morgan fingerprint density at radius 2 is 2.00 bits per heavy atom. The first-order valence-corrected chi connectivity index (χ1v) is 9.69. The van der Waals surface area contributed by atoms with Gasteiger partial charge in [-0.25, -0.2) is 4.98 Å². The van der Waals surface area contributed by atoms with E-state index in [0.717, 1.165) is 53.3 Å². The lowest BCUT2D eigenvalue weighted by atomic mass is 9.96. The van der Waals surface area contributed by atoms with Crippen molar-refractivity contribution in [1.82, 2.24) is 14.5 Å². The number of aromatic nitrogens is 3.